The van der Waals surface area contributed by atoms with Gasteiger partial charge in [-0.15, -0.1) is 0 Å². The Morgan fingerprint density at radius 2 is 1.79 bits per heavy atom. The zero-order chi connectivity index (χ0) is 27.3. The van der Waals surface area contributed by atoms with Crippen LogP contribution in [0.1, 0.15) is 55.4 Å². The number of nitrogens with one attached hydrogen (secondary N) is 1. The highest BCUT2D eigenvalue weighted by atomic mass is 16.5. The van der Waals surface area contributed by atoms with E-state index in [0.717, 1.165) is 28.7 Å². The predicted octanol–water partition coefficient (Wildman–Crippen LogP) is 4.50. The van der Waals surface area contributed by atoms with Crippen LogP contribution >= 0.6 is 0 Å². The first-order valence-electron chi connectivity index (χ1n) is 13.6. The van der Waals surface area contributed by atoms with E-state index in [1.807, 2.05) is 56.3 Å². The Balaban J connectivity index is 1.31. The normalized spacial score (nSPS) is 21.7. The Bertz CT molecular complexity index is 1450. The van der Waals surface area contributed by atoms with Gasteiger partial charge in [-0.3, -0.25) is 9.59 Å². The van der Waals surface area contributed by atoms with Crippen molar-refractivity contribution >= 4 is 23.2 Å². The van der Waals surface area contributed by atoms with Crippen molar-refractivity contribution in [3.8, 4) is 11.5 Å². The second-order valence-electron chi connectivity index (χ2n) is 11.1. The number of carbonyl (C=O) groups is 2. The number of carbonyl (C=O) groups excluding carboxylic acids is 2. The minimum Gasteiger partial charge on any atom is -0.456 e. The first-order chi connectivity index (χ1) is 18.8. The van der Waals surface area contributed by atoms with Crippen molar-refractivity contribution in [2.24, 2.45) is 11.7 Å². The number of nitrogens with two attached hydrogens (primary N) is 2. The number of hydrogen-bond donors (Lipinski definition) is 3. The van der Waals surface area contributed by atoms with Crippen LogP contribution in [-0.4, -0.2) is 35.3 Å². The van der Waals surface area contributed by atoms with Gasteiger partial charge < -0.3 is 31.2 Å². The molecule has 8 heteroatoms. The van der Waals surface area contributed by atoms with Crippen molar-refractivity contribution in [2.45, 2.75) is 57.4 Å². The van der Waals surface area contributed by atoms with E-state index >= 15 is 0 Å². The highest BCUT2D eigenvalue weighted by molar-refractivity contribution is 5.98. The molecule has 3 aliphatic heterocycles. The standard InChI is InChI=1S/C31H34N4O4/c1-18(2)14-25(33)30(37)35-13-5-8-26(35)29(36)34-21-10-12-24-28(16-21)39-27-15-20(32)9-11-23(27)31(24)22-7-4-3-6-19(22)17-38-31/h3-4,6-7,9-12,15-16,18,25-26H,5,8,13-14,17,32-33H2,1-2H3,(H,34,36)/t25-,26-,31?/m0/s1. The molecule has 3 aliphatic rings. The number of anilines is 2. The molecule has 0 bridgehead atoms. The van der Waals surface area contributed by atoms with Crippen LogP contribution in [0.3, 0.4) is 0 Å². The molecule has 3 aromatic rings. The van der Waals surface area contributed by atoms with Gasteiger partial charge in [0.1, 0.15) is 17.5 Å². The molecule has 1 spiro atoms. The lowest BCUT2D eigenvalue weighted by atomic mass is 9.77. The topological polar surface area (TPSA) is 120 Å². The third kappa shape index (κ3) is 4.24. The Morgan fingerprint density at radius 1 is 1.05 bits per heavy atom. The van der Waals surface area contributed by atoms with E-state index in [1.165, 1.54) is 0 Å². The molecule has 1 unspecified atom stereocenters. The van der Waals surface area contributed by atoms with Crippen LogP contribution in [0.2, 0.25) is 0 Å². The molecule has 5 N–H and O–H groups in total. The zero-order valence-corrected chi connectivity index (χ0v) is 22.3. The molecule has 3 heterocycles. The third-order valence-corrected chi connectivity index (χ3v) is 7.96. The maximum absolute atomic E-state index is 13.4. The number of nitrogens with zero attached hydrogens (tertiary/aromatic N) is 1. The summed E-state index contributed by atoms with van der Waals surface area (Å²) in [6.07, 6.45) is 1.96. The van der Waals surface area contributed by atoms with E-state index in [1.54, 1.807) is 11.0 Å². The Labute approximate surface area is 228 Å². The number of rotatable bonds is 5. The van der Waals surface area contributed by atoms with E-state index < -0.39 is 17.7 Å². The molecule has 0 aliphatic carbocycles. The molecule has 3 atom stereocenters. The maximum atomic E-state index is 13.4. The Hall–Kier alpha value is -3.88. The first kappa shape index (κ1) is 25.4. The van der Waals surface area contributed by atoms with Crippen LogP contribution in [0.4, 0.5) is 11.4 Å². The van der Waals surface area contributed by atoms with Crippen molar-refractivity contribution in [1.82, 2.24) is 4.90 Å². The minimum absolute atomic E-state index is 0.164. The van der Waals surface area contributed by atoms with Crippen LogP contribution in [-0.2, 0) is 26.5 Å². The van der Waals surface area contributed by atoms with Gasteiger partial charge in [-0.25, -0.2) is 0 Å². The van der Waals surface area contributed by atoms with Crippen LogP contribution in [0.5, 0.6) is 11.5 Å². The summed E-state index contributed by atoms with van der Waals surface area (Å²) in [5, 5.41) is 3.01. The molecule has 202 valence electrons. The lowest BCUT2D eigenvalue weighted by molar-refractivity contribution is -0.138. The van der Waals surface area contributed by atoms with Crippen LogP contribution in [0.25, 0.3) is 0 Å². The number of benzene rings is 3. The average molecular weight is 527 g/mol. The molecule has 0 saturated carbocycles. The van der Waals surface area contributed by atoms with Gasteiger partial charge in [-0.1, -0.05) is 38.1 Å². The van der Waals surface area contributed by atoms with Crippen molar-refractivity contribution in [3.63, 3.8) is 0 Å². The van der Waals surface area contributed by atoms with E-state index in [0.29, 0.717) is 54.8 Å². The monoisotopic (exact) mass is 526 g/mol. The fourth-order valence-electron chi connectivity index (χ4n) is 6.20. The maximum Gasteiger partial charge on any atom is 0.247 e. The fourth-order valence-corrected chi connectivity index (χ4v) is 6.20. The van der Waals surface area contributed by atoms with E-state index in [2.05, 4.69) is 17.4 Å². The number of fused-ring (bicyclic) bond motifs is 6. The molecule has 2 amide bonds. The smallest absolute Gasteiger partial charge is 0.247 e. The minimum atomic E-state index is -0.836. The zero-order valence-electron chi connectivity index (χ0n) is 22.3. The van der Waals surface area contributed by atoms with Gasteiger partial charge in [-0.05, 0) is 60.6 Å². The fraction of sp³-hybridized carbons (Fsp3) is 0.355. The number of nitrogen functional groups attached to an aromatic ring is 1. The molecule has 1 saturated heterocycles. The van der Waals surface area contributed by atoms with Crippen LogP contribution in [0.15, 0.2) is 60.7 Å². The molecule has 6 rings (SSSR count). The van der Waals surface area contributed by atoms with E-state index in [4.69, 9.17) is 20.9 Å². The molecule has 0 aromatic heterocycles. The summed E-state index contributed by atoms with van der Waals surface area (Å²) < 4.78 is 12.9. The summed E-state index contributed by atoms with van der Waals surface area (Å²) in [5.74, 6) is 1.11. The molecule has 39 heavy (non-hydrogen) atoms. The average Bonchev–Trinajstić information content (AvgIpc) is 3.54. The highest BCUT2D eigenvalue weighted by Gasteiger charge is 2.49. The molecular formula is C31H34N4O4. The van der Waals surface area contributed by atoms with E-state index in [-0.39, 0.29) is 11.8 Å². The molecule has 3 aromatic carbocycles. The molecule has 0 radical (unpaired) electrons. The SMILES string of the molecule is CC(C)C[C@H](N)C(=O)N1CCC[C@H]1C(=O)Nc1ccc2c(c1)Oc1cc(N)ccc1C21OCc2ccccc21. The number of hydrogen-bond acceptors (Lipinski definition) is 6. The van der Waals surface area contributed by atoms with Gasteiger partial charge in [0, 0.05) is 41.2 Å². The summed E-state index contributed by atoms with van der Waals surface area (Å²) in [6.45, 7) is 5.08. The van der Waals surface area contributed by atoms with Crippen LogP contribution < -0.4 is 21.5 Å². The summed E-state index contributed by atoms with van der Waals surface area (Å²) in [4.78, 5) is 28.0. The summed E-state index contributed by atoms with van der Waals surface area (Å²) in [6, 6.07) is 18.3. The lowest BCUT2D eigenvalue weighted by Crippen LogP contribution is -2.50. The first-order valence-corrected chi connectivity index (χ1v) is 13.6. The van der Waals surface area contributed by atoms with Crippen molar-refractivity contribution in [3.05, 3.63) is 82.9 Å². The predicted molar refractivity (Wildman–Crippen MR) is 149 cm³/mol. The molecule has 1 fully saturated rings. The highest BCUT2D eigenvalue weighted by Crippen LogP contribution is 2.56. The number of amides is 2. The second kappa shape index (κ2) is 9.70. The van der Waals surface area contributed by atoms with Crippen molar-refractivity contribution in [2.75, 3.05) is 17.6 Å². The van der Waals surface area contributed by atoms with Gasteiger partial charge in [0.05, 0.1) is 12.6 Å². The van der Waals surface area contributed by atoms with Crippen molar-refractivity contribution < 1.29 is 19.1 Å². The Kier molecular flexibility index (Phi) is 6.32. The quantitative estimate of drug-likeness (QED) is 0.421. The lowest BCUT2D eigenvalue weighted by Gasteiger charge is -2.37. The van der Waals surface area contributed by atoms with Gasteiger partial charge in [0.25, 0.3) is 0 Å². The van der Waals surface area contributed by atoms with Gasteiger partial charge in [0.2, 0.25) is 11.8 Å². The van der Waals surface area contributed by atoms with E-state index in [9.17, 15) is 9.59 Å². The summed E-state index contributed by atoms with van der Waals surface area (Å²) in [7, 11) is 0. The second-order valence-corrected chi connectivity index (χ2v) is 11.1. The summed E-state index contributed by atoms with van der Waals surface area (Å²) in [5.41, 5.74) is 16.6. The molecule has 8 nitrogen and oxygen atoms in total. The van der Waals surface area contributed by atoms with Crippen LogP contribution in [0, 0.1) is 5.92 Å². The van der Waals surface area contributed by atoms with Gasteiger partial charge >= 0.3 is 0 Å². The van der Waals surface area contributed by atoms with Gasteiger partial charge in [0.15, 0.2) is 5.60 Å². The molecular weight excluding hydrogens is 492 g/mol. The number of likely N-dealkylation sites (tertiary alicyclic amines) is 1. The largest absolute Gasteiger partial charge is 0.456 e. The third-order valence-electron chi connectivity index (χ3n) is 7.96. The Morgan fingerprint density at radius 3 is 2.59 bits per heavy atom. The summed E-state index contributed by atoms with van der Waals surface area (Å²) >= 11 is 0. The number of ether oxygens (including phenoxy) is 2. The van der Waals surface area contributed by atoms with Gasteiger partial charge in [-0.2, -0.15) is 0 Å². The van der Waals surface area contributed by atoms with Crippen molar-refractivity contribution in [1.29, 1.82) is 0 Å².